The van der Waals surface area contributed by atoms with Crippen LogP contribution < -0.4 is 10.6 Å². The van der Waals surface area contributed by atoms with Gasteiger partial charge in [-0.15, -0.1) is 0 Å². The Kier molecular flexibility index (Phi) is 5.15. The van der Waals surface area contributed by atoms with Crippen molar-refractivity contribution in [1.82, 2.24) is 20.3 Å². The summed E-state index contributed by atoms with van der Waals surface area (Å²) in [4.78, 5) is 25.0. The Hall–Kier alpha value is -3.79. The lowest BCUT2D eigenvalue weighted by atomic mass is 10.2. The first-order valence-corrected chi connectivity index (χ1v) is 7.95. The molecule has 26 heavy (non-hydrogen) atoms. The van der Waals surface area contributed by atoms with Crippen LogP contribution in [0.1, 0.15) is 27.6 Å². The molecule has 3 aromatic rings. The Morgan fingerprint density at radius 1 is 1.15 bits per heavy atom. The zero-order chi connectivity index (χ0) is 18.4. The third-order valence-electron chi connectivity index (χ3n) is 3.54. The van der Waals surface area contributed by atoms with Gasteiger partial charge in [-0.1, -0.05) is 18.2 Å². The zero-order valence-corrected chi connectivity index (χ0v) is 14.1. The van der Waals surface area contributed by atoms with Gasteiger partial charge >= 0.3 is 0 Å². The second-order valence-corrected chi connectivity index (χ2v) is 5.47. The topological polar surface area (TPSA) is 104 Å². The molecule has 128 valence electrons. The SMILES string of the molecule is Cc1nc(Nc2ccccc2C#N)cc(C(=O)NCc2ccccn2)n1. The summed E-state index contributed by atoms with van der Waals surface area (Å²) in [6, 6.07) is 16.3. The fraction of sp³-hybridized carbons (Fsp3) is 0.105. The van der Waals surface area contributed by atoms with Crippen LogP contribution in [0.2, 0.25) is 0 Å². The second kappa shape index (κ2) is 7.85. The van der Waals surface area contributed by atoms with Crippen molar-refractivity contribution >= 4 is 17.4 Å². The number of aryl methyl sites for hydroxylation is 1. The number of aromatic nitrogens is 3. The van der Waals surface area contributed by atoms with Gasteiger partial charge in [0.05, 0.1) is 23.5 Å². The molecule has 0 spiro atoms. The van der Waals surface area contributed by atoms with Gasteiger partial charge in [-0.3, -0.25) is 9.78 Å². The standard InChI is InChI=1S/C19H16N6O/c1-13-23-17(19(26)22-12-15-7-4-5-9-21-15)10-18(24-13)25-16-8-3-2-6-14(16)11-20/h2-10H,12H2,1H3,(H,22,26)(H,23,24,25). The Bertz CT molecular complexity index is 965. The number of rotatable bonds is 5. The number of benzene rings is 1. The largest absolute Gasteiger partial charge is 0.345 e. The second-order valence-electron chi connectivity index (χ2n) is 5.47. The molecule has 7 heteroatoms. The minimum Gasteiger partial charge on any atom is -0.345 e. The highest BCUT2D eigenvalue weighted by atomic mass is 16.1. The number of anilines is 2. The van der Waals surface area contributed by atoms with E-state index in [1.165, 1.54) is 0 Å². The lowest BCUT2D eigenvalue weighted by Gasteiger charge is -2.10. The molecule has 0 unspecified atom stereocenters. The van der Waals surface area contributed by atoms with Gasteiger partial charge in [-0.2, -0.15) is 5.26 Å². The van der Waals surface area contributed by atoms with E-state index in [0.717, 1.165) is 5.69 Å². The Labute approximate surface area is 150 Å². The summed E-state index contributed by atoms with van der Waals surface area (Å²) in [6.07, 6.45) is 1.67. The van der Waals surface area contributed by atoms with Crippen molar-refractivity contribution in [3.8, 4) is 6.07 Å². The molecule has 2 N–H and O–H groups in total. The van der Waals surface area contributed by atoms with Crippen LogP contribution in [0.4, 0.5) is 11.5 Å². The van der Waals surface area contributed by atoms with Crippen LogP contribution in [-0.2, 0) is 6.54 Å². The van der Waals surface area contributed by atoms with E-state index < -0.39 is 0 Å². The van der Waals surface area contributed by atoms with Gasteiger partial charge in [0, 0.05) is 12.3 Å². The molecule has 0 aliphatic heterocycles. The van der Waals surface area contributed by atoms with Crippen molar-refractivity contribution in [3.05, 3.63) is 77.5 Å². The number of para-hydroxylation sites is 1. The van der Waals surface area contributed by atoms with Gasteiger partial charge in [0.2, 0.25) is 0 Å². The molecule has 7 nitrogen and oxygen atoms in total. The number of nitriles is 1. The molecular weight excluding hydrogens is 328 g/mol. The molecule has 2 heterocycles. The molecule has 3 rings (SSSR count). The maximum atomic E-state index is 12.4. The van der Waals surface area contributed by atoms with Gasteiger partial charge < -0.3 is 10.6 Å². The smallest absolute Gasteiger partial charge is 0.270 e. The van der Waals surface area contributed by atoms with E-state index >= 15 is 0 Å². The number of amides is 1. The molecule has 0 saturated carbocycles. The fourth-order valence-corrected chi connectivity index (χ4v) is 2.34. The van der Waals surface area contributed by atoms with Gasteiger partial charge in [0.15, 0.2) is 0 Å². The maximum Gasteiger partial charge on any atom is 0.270 e. The zero-order valence-electron chi connectivity index (χ0n) is 14.1. The Morgan fingerprint density at radius 2 is 1.96 bits per heavy atom. The van der Waals surface area contributed by atoms with Crippen LogP contribution in [0.3, 0.4) is 0 Å². The molecule has 0 saturated heterocycles. The number of carbonyl (C=O) groups excluding carboxylic acids is 1. The van der Waals surface area contributed by atoms with Crippen molar-refractivity contribution in [3.63, 3.8) is 0 Å². The van der Waals surface area contributed by atoms with Crippen molar-refractivity contribution in [2.45, 2.75) is 13.5 Å². The van der Waals surface area contributed by atoms with Gasteiger partial charge in [-0.05, 0) is 31.2 Å². The summed E-state index contributed by atoms with van der Waals surface area (Å²) in [5, 5.41) is 15.0. The quantitative estimate of drug-likeness (QED) is 0.737. The summed E-state index contributed by atoms with van der Waals surface area (Å²) in [7, 11) is 0. The molecule has 1 aromatic carbocycles. The van der Waals surface area contributed by atoms with Gasteiger partial charge in [-0.25, -0.2) is 9.97 Å². The molecule has 0 atom stereocenters. The predicted molar refractivity (Wildman–Crippen MR) is 96.6 cm³/mol. The van der Waals surface area contributed by atoms with E-state index in [1.807, 2.05) is 24.3 Å². The van der Waals surface area contributed by atoms with Crippen LogP contribution in [0.25, 0.3) is 0 Å². The highest BCUT2D eigenvalue weighted by molar-refractivity contribution is 5.93. The summed E-state index contributed by atoms with van der Waals surface area (Å²) in [5.41, 5.74) is 2.11. The normalized spacial score (nSPS) is 10.0. The number of carbonyl (C=O) groups is 1. The molecule has 0 aliphatic rings. The fourth-order valence-electron chi connectivity index (χ4n) is 2.34. The van der Waals surface area contributed by atoms with E-state index in [1.54, 1.807) is 37.4 Å². The third-order valence-corrected chi connectivity index (χ3v) is 3.54. The van der Waals surface area contributed by atoms with Gasteiger partial charge in [0.1, 0.15) is 23.4 Å². The van der Waals surface area contributed by atoms with E-state index in [2.05, 4.69) is 31.7 Å². The maximum absolute atomic E-state index is 12.4. The minimum atomic E-state index is -0.322. The summed E-state index contributed by atoms with van der Waals surface area (Å²) in [5.74, 6) is 0.577. The lowest BCUT2D eigenvalue weighted by molar-refractivity contribution is 0.0945. The Balaban J connectivity index is 1.77. The van der Waals surface area contributed by atoms with Crippen molar-refractivity contribution in [1.29, 1.82) is 5.26 Å². The van der Waals surface area contributed by atoms with E-state index in [-0.39, 0.29) is 11.6 Å². The van der Waals surface area contributed by atoms with Crippen LogP contribution in [0.5, 0.6) is 0 Å². The molecule has 0 radical (unpaired) electrons. The van der Waals surface area contributed by atoms with E-state index in [9.17, 15) is 10.1 Å². The highest BCUT2D eigenvalue weighted by Crippen LogP contribution is 2.19. The summed E-state index contributed by atoms with van der Waals surface area (Å²) in [6.45, 7) is 2.01. The number of nitrogens with one attached hydrogen (secondary N) is 2. The lowest BCUT2D eigenvalue weighted by Crippen LogP contribution is -2.24. The highest BCUT2D eigenvalue weighted by Gasteiger charge is 2.11. The monoisotopic (exact) mass is 344 g/mol. The number of hydrogen-bond acceptors (Lipinski definition) is 6. The molecule has 0 aliphatic carbocycles. The summed E-state index contributed by atoms with van der Waals surface area (Å²) >= 11 is 0. The molecule has 2 aromatic heterocycles. The third kappa shape index (κ3) is 4.19. The average molecular weight is 344 g/mol. The first-order chi connectivity index (χ1) is 12.7. The molecular formula is C19H16N6O. The minimum absolute atomic E-state index is 0.241. The van der Waals surface area contributed by atoms with Crippen molar-refractivity contribution < 1.29 is 4.79 Å². The number of pyridine rings is 1. The van der Waals surface area contributed by atoms with Crippen molar-refractivity contribution in [2.75, 3.05) is 5.32 Å². The van der Waals surface area contributed by atoms with E-state index in [4.69, 9.17) is 0 Å². The first kappa shape index (κ1) is 17.0. The van der Waals surface area contributed by atoms with Gasteiger partial charge in [0.25, 0.3) is 5.91 Å². The number of nitrogens with zero attached hydrogens (tertiary/aromatic N) is 4. The van der Waals surface area contributed by atoms with Crippen LogP contribution in [0.15, 0.2) is 54.7 Å². The van der Waals surface area contributed by atoms with Crippen LogP contribution >= 0.6 is 0 Å². The summed E-state index contributed by atoms with van der Waals surface area (Å²) < 4.78 is 0. The Morgan fingerprint density at radius 3 is 2.73 bits per heavy atom. The number of hydrogen-bond donors (Lipinski definition) is 2. The van der Waals surface area contributed by atoms with Crippen LogP contribution in [0, 0.1) is 18.3 Å². The van der Waals surface area contributed by atoms with E-state index in [0.29, 0.717) is 29.4 Å². The molecule has 0 fully saturated rings. The molecule has 1 amide bonds. The average Bonchev–Trinajstić information content (AvgIpc) is 2.67. The van der Waals surface area contributed by atoms with Crippen molar-refractivity contribution in [2.24, 2.45) is 0 Å². The van der Waals surface area contributed by atoms with Crippen LogP contribution in [-0.4, -0.2) is 20.9 Å². The molecule has 0 bridgehead atoms. The first-order valence-electron chi connectivity index (χ1n) is 7.95. The predicted octanol–water partition coefficient (Wildman–Crippen LogP) is 2.73.